The van der Waals surface area contributed by atoms with Crippen LogP contribution in [0.25, 0.3) is 0 Å². The summed E-state index contributed by atoms with van der Waals surface area (Å²) in [7, 11) is 0. The van der Waals surface area contributed by atoms with Crippen LogP contribution in [0.15, 0.2) is 71.7 Å². The number of aliphatic imine (C=N–C) groups is 1. The molecule has 6 nitrogen and oxygen atoms in total. The molecule has 2 aliphatic rings. The van der Waals surface area contributed by atoms with Crippen molar-refractivity contribution in [1.82, 2.24) is 14.7 Å². The molecule has 2 amide bonds. The van der Waals surface area contributed by atoms with Crippen molar-refractivity contribution < 1.29 is 9.53 Å². The number of rotatable bonds is 6. The van der Waals surface area contributed by atoms with Crippen LogP contribution in [-0.2, 0) is 16.5 Å². The Kier molecular flexibility index (Phi) is 9.34. The fraction of sp³-hybridized carbons (Fsp3) is 0.459. The number of urea groups is 1. The number of benzene rings is 3. The van der Waals surface area contributed by atoms with Gasteiger partial charge in [-0.3, -0.25) is 14.8 Å². The summed E-state index contributed by atoms with van der Waals surface area (Å²) in [5.41, 5.74) is 1.92. The monoisotopic (exact) mass is 648 g/mol. The quantitative estimate of drug-likeness (QED) is 0.268. The highest BCUT2D eigenvalue weighted by Gasteiger charge is 2.60. The van der Waals surface area contributed by atoms with Crippen LogP contribution in [0.1, 0.15) is 77.6 Å². The molecule has 0 N–H and O–H groups in total. The number of carbonyl (C=O) groups excluding carboxylic acids is 1. The van der Waals surface area contributed by atoms with Gasteiger partial charge < -0.3 is 9.64 Å². The lowest BCUT2D eigenvalue weighted by Gasteiger charge is -2.47. The number of hydrogen-bond acceptors (Lipinski definition) is 4. The van der Waals surface area contributed by atoms with Gasteiger partial charge in [0.25, 0.3) is 0 Å². The second kappa shape index (κ2) is 12.6. The van der Waals surface area contributed by atoms with E-state index >= 15 is 4.79 Å². The maximum absolute atomic E-state index is 15.0. The molecule has 1 fully saturated rings. The van der Waals surface area contributed by atoms with E-state index in [1.54, 1.807) is 0 Å². The number of halogens is 2. The largest absolute Gasteiger partial charge is 0.493 e. The first-order chi connectivity index (χ1) is 21.2. The molecule has 2 heterocycles. The van der Waals surface area contributed by atoms with E-state index < -0.39 is 11.1 Å². The summed E-state index contributed by atoms with van der Waals surface area (Å²) in [5.74, 6) is 1.30. The Bertz CT molecular complexity index is 1560. The summed E-state index contributed by atoms with van der Waals surface area (Å²) in [6.07, 6.45) is 0. The van der Waals surface area contributed by atoms with Gasteiger partial charge in [-0.1, -0.05) is 74.3 Å². The van der Waals surface area contributed by atoms with Gasteiger partial charge in [-0.2, -0.15) is 0 Å². The van der Waals surface area contributed by atoms with E-state index in [-0.39, 0.29) is 11.4 Å². The molecule has 0 aliphatic carbocycles. The fourth-order valence-corrected chi connectivity index (χ4v) is 6.84. The number of nitrogens with zero attached hydrogens (tertiary/aromatic N) is 4. The number of carbonyl (C=O) groups is 1. The Morgan fingerprint density at radius 3 is 1.96 bits per heavy atom. The minimum Gasteiger partial charge on any atom is -0.493 e. The third-order valence-electron chi connectivity index (χ3n) is 9.64. The molecular formula is C37H46Cl2N4O2. The van der Waals surface area contributed by atoms with Gasteiger partial charge in [0.1, 0.15) is 22.7 Å². The molecule has 0 radical (unpaired) electrons. The first-order valence-corrected chi connectivity index (χ1v) is 16.7. The Balaban J connectivity index is 1.76. The number of hydrogen-bond donors (Lipinski definition) is 0. The van der Waals surface area contributed by atoms with Gasteiger partial charge in [-0.05, 0) is 93.1 Å². The lowest BCUT2D eigenvalue weighted by Crippen LogP contribution is -2.61. The number of amides is 2. The topological polar surface area (TPSA) is 48.4 Å². The number of piperazine rings is 1. The standard InChI is InChI=1S/C37H46Cl2N4O2/c1-9-45-32-24-28(35(4,5)6)14-19-31(32)33-40-36(7,26-10-15-29(38)16-11-26)37(8,27-12-17-30(39)18-13-27)43(33)34(44)42-22-20-41(21-23-42)25(2)3/h10-19,24-25H,9,20-23H2,1-8H3/t36-,37+/m0/s1. The summed E-state index contributed by atoms with van der Waals surface area (Å²) in [6, 6.07) is 22.2. The van der Waals surface area contributed by atoms with Crippen molar-refractivity contribution in [2.24, 2.45) is 4.99 Å². The van der Waals surface area contributed by atoms with Crippen LogP contribution in [0.3, 0.4) is 0 Å². The van der Waals surface area contributed by atoms with Gasteiger partial charge in [-0.15, -0.1) is 0 Å². The molecule has 5 rings (SSSR count). The first-order valence-electron chi connectivity index (χ1n) is 15.9. The van der Waals surface area contributed by atoms with E-state index in [2.05, 4.69) is 71.6 Å². The summed E-state index contributed by atoms with van der Waals surface area (Å²) < 4.78 is 6.30. The Hall–Kier alpha value is -3.06. The number of amidine groups is 1. The molecular weight excluding hydrogens is 603 g/mol. The SMILES string of the molecule is CCOc1cc(C(C)(C)C)ccc1C1=N[C@@](C)(c2ccc(Cl)cc2)[C@@](C)(c2ccc(Cl)cc2)N1C(=O)N1CCN(C(C)C)CC1. The first kappa shape index (κ1) is 33.3. The van der Waals surface area contributed by atoms with Gasteiger partial charge in [-0.25, -0.2) is 4.79 Å². The van der Waals surface area contributed by atoms with Crippen LogP contribution >= 0.6 is 23.2 Å². The van der Waals surface area contributed by atoms with E-state index in [4.69, 9.17) is 32.9 Å². The lowest BCUT2D eigenvalue weighted by atomic mass is 9.71. The predicted molar refractivity (Wildman–Crippen MR) is 186 cm³/mol. The van der Waals surface area contributed by atoms with Crippen molar-refractivity contribution in [3.05, 3.63) is 99.0 Å². The van der Waals surface area contributed by atoms with Crippen LogP contribution in [0.5, 0.6) is 5.75 Å². The van der Waals surface area contributed by atoms with E-state index in [9.17, 15) is 0 Å². The smallest absolute Gasteiger partial charge is 0.326 e. The van der Waals surface area contributed by atoms with Gasteiger partial charge in [0, 0.05) is 42.3 Å². The highest BCUT2D eigenvalue weighted by molar-refractivity contribution is 6.30. The summed E-state index contributed by atoms with van der Waals surface area (Å²) >= 11 is 12.8. The molecule has 2 aliphatic heterocycles. The van der Waals surface area contributed by atoms with Crippen LogP contribution in [-0.4, -0.2) is 65.4 Å². The molecule has 0 unspecified atom stereocenters. The number of ether oxygens (including phenoxy) is 1. The highest BCUT2D eigenvalue weighted by atomic mass is 35.5. The van der Waals surface area contributed by atoms with Crippen molar-refractivity contribution in [3.63, 3.8) is 0 Å². The molecule has 8 heteroatoms. The summed E-state index contributed by atoms with van der Waals surface area (Å²) in [6.45, 7) is 20.6. The van der Waals surface area contributed by atoms with Crippen LogP contribution in [0.4, 0.5) is 4.79 Å². The van der Waals surface area contributed by atoms with Gasteiger partial charge >= 0.3 is 6.03 Å². The second-order valence-electron chi connectivity index (χ2n) is 13.7. The minimum absolute atomic E-state index is 0.0744. The van der Waals surface area contributed by atoms with Gasteiger partial charge in [0.2, 0.25) is 0 Å². The second-order valence-corrected chi connectivity index (χ2v) is 14.6. The molecule has 0 saturated carbocycles. The molecule has 3 aromatic carbocycles. The average molecular weight is 650 g/mol. The molecule has 0 aromatic heterocycles. The molecule has 240 valence electrons. The third-order valence-corrected chi connectivity index (χ3v) is 10.1. The molecule has 0 bridgehead atoms. The molecule has 0 spiro atoms. The van der Waals surface area contributed by atoms with Crippen LogP contribution in [0, 0.1) is 0 Å². The normalized spacial score (nSPS) is 22.6. The third kappa shape index (κ3) is 6.09. The van der Waals surface area contributed by atoms with Crippen LogP contribution < -0.4 is 4.74 Å². The molecule has 2 atom stereocenters. The van der Waals surface area contributed by atoms with Crippen LogP contribution in [0.2, 0.25) is 10.0 Å². The molecule has 1 saturated heterocycles. The zero-order valence-electron chi connectivity index (χ0n) is 27.8. The highest BCUT2D eigenvalue weighted by Crippen LogP contribution is 2.54. The molecule has 45 heavy (non-hydrogen) atoms. The van der Waals surface area contributed by atoms with Gasteiger partial charge in [0.15, 0.2) is 0 Å². The predicted octanol–water partition coefficient (Wildman–Crippen LogP) is 8.73. The Morgan fingerprint density at radius 1 is 0.889 bits per heavy atom. The van der Waals surface area contributed by atoms with Crippen molar-refractivity contribution in [1.29, 1.82) is 0 Å². The maximum Gasteiger partial charge on any atom is 0.326 e. The zero-order valence-corrected chi connectivity index (χ0v) is 29.3. The maximum atomic E-state index is 15.0. The van der Waals surface area contributed by atoms with Crippen molar-refractivity contribution in [2.45, 2.75) is 77.9 Å². The van der Waals surface area contributed by atoms with Gasteiger partial charge in [0.05, 0.1) is 12.2 Å². The Morgan fingerprint density at radius 2 is 1.44 bits per heavy atom. The van der Waals surface area contributed by atoms with E-state index in [1.165, 1.54) is 0 Å². The molecule has 3 aromatic rings. The van der Waals surface area contributed by atoms with Crippen molar-refractivity contribution >= 4 is 35.1 Å². The summed E-state index contributed by atoms with van der Waals surface area (Å²) in [5, 5.41) is 1.28. The van der Waals surface area contributed by atoms with E-state index in [1.807, 2.05) is 65.3 Å². The average Bonchev–Trinajstić information content (AvgIpc) is 3.25. The Labute approximate surface area is 279 Å². The van der Waals surface area contributed by atoms with E-state index in [0.29, 0.717) is 47.4 Å². The fourth-order valence-electron chi connectivity index (χ4n) is 6.59. The van der Waals surface area contributed by atoms with Crippen molar-refractivity contribution in [2.75, 3.05) is 32.8 Å². The minimum atomic E-state index is -0.931. The lowest BCUT2D eigenvalue weighted by molar-refractivity contribution is 0.0790. The van der Waals surface area contributed by atoms with Crippen molar-refractivity contribution in [3.8, 4) is 5.75 Å². The zero-order chi connectivity index (χ0) is 32.7. The summed E-state index contributed by atoms with van der Waals surface area (Å²) in [4.78, 5) is 26.9. The van der Waals surface area contributed by atoms with E-state index in [0.717, 1.165) is 35.3 Å².